The van der Waals surface area contributed by atoms with Gasteiger partial charge in [0.2, 0.25) is 0 Å². The topological polar surface area (TPSA) is 129 Å². The van der Waals surface area contributed by atoms with Crippen molar-refractivity contribution in [3.8, 4) is 0 Å². The summed E-state index contributed by atoms with van der Waals surface area (Å²) in [5.74, 6) is -4.46. The maximum Gasteiger partial charge on any atom is 0.333 e. The molecule has 0 aromatic heterocycles. The first-order valence-electron chi connectivity index (χ1n) is 3.26. The Bertz CT molecular complexity index is 388. The van der Waals surface area contributed by atoms with Crippen molar-refractivity contribution in [2.75, 3.05) is 5.75 Å². The summed E-state index contributed by atoms with van der Waals surface area (Å²) in [4.78, 5) is 20.8. The molecule has 7 nitrogen and oxygen atoms in total. The van der Waals surface area contributed by atoms with E-state index in [1.807, 2.05) is 0 Å². The fourth-order valence-electron chi connectivity index (χ4n) is 0.642. The van der Waals surface area contributed by atoms with Crippen LogP contribution >= 0.6 is 0 Å². The molecule has 0 amide bonds. The van der Waals surface area contributed by atoms with Gasteiger partial charge in [-0.3, -0.25) is 4.55 Å². The number of aliphatic carboxylic acids is 2. The van der Waals surface area contributed by atoms with Gasteiger partial charge in [0.15, 0.2) is 0 Å². The highest BCUT2D eigenvalue weighted by Gasteiger charge is 2.21. The molecule has 0 heterocycles. The molecule has 0 bridgehead atoms. The number of rotatable bonds is 4. The molecule has 3 N–H and O–H groups in total. The predicted molar refractivity (Wildman–Crippen MR) is 44.4 cm³/mol. The molecule has 0 unspecified atom stereocenters. The van der Waals surface area contributed by atoms with Gasteiger partial charge in [-0.2, -0.15) is 8.42 Å². The molecule has 14 heavy (non-hydrogen) atoms. The van der Waals surface area contributed by atoms with Gasteiger partial charge in [0, 0.05) is 5.57 Å². The summed E-state index contributed by atoms with van der Waals surface area (Å²) >= 11 is 0. The van der Waals surface area contributed by atoms with Crippen LogP contribution in [0.3, 0.4) is 0 Å². The first kappa shape index (κ1) is 12.6. The van der Waals surface area contributed by atoms with Crippen LogP contribution in [-0.4, -0.2) is 40.9 Å². The molecule has 8 heteroatoms. The van der Waals surface area contributed by atoms with Crippen molar-refractivity contribution in [2.24, 2.45) is 0 Å². The van der Waals surface area contributed by atoms with Gasteiger partial charge >= 0.3 is 11.9 Å². The van der Waals surface area contributed by atoms with E-state index in [0.29, 0.717) is 0 Å². The summed E-state index contributed by atoms with van der Waals surface area (Å²) in [6, 6.07) is 0. The molecular formula is C6H8O7S. The summed E-state index contributed by atoms with van der Waals surface area (Å²) in [6.07, 6.45) is 0. The smallest absolute Gasteiger partial charge is 0.333 e. The second-order valence-corrected chi connectivity index (χ2v) is 3.89. The highest BCUT2D eigenvalue weighted by atomic mass is 32.2. The third-order valence-electron chi connectivity index (χ3n) is 1.36. The second kappa shape index (κ2) is 4.20. The molecule has 80 valence electrons. The lowest BCUT2D eigenvalue weighted by Gasteiger charge is -2.02. The van der Waals surface area contributed by atoms with E-state index in [0.717, 1.165) is 6.92 Å². The van der Waals surface area contributed by atoms with Crippen LogP contribution in [0.4, 0.5) is 0 Å². The molecule has 0 aliphatic heterocycles. The van der Waals surface area contributed by atoms with Gasteiger partial charge in [0.1, 0.15) is 5.75 Å². The molecule has 0 saturated carbocycles. The van der Waals surface area contributed by atoms with Crippen LogP contribution in [0.15, 0.2) is 11.1 Å². The van der Waals surface area contributed by atoms with Crippen LogP contribution in [0, 0.1) is 0 Å². The monoisotopic (exact) mass is 224 g/mol. The van der Waals surface area contributed by atoms with Gasteiger partial charge in [-0.15, -0.1) is 0 Å². The lowest BCUT2D eigenvalue weighted by molar-refractivity contribution is -0.135. The van der Waals surface area contributed by atoms with E-state index >= 15 is 0 Å². The quantitative estimate of drug-likeness (QED) is 0.427. The number of hydrogen-bond acceptors (Lipinski definition) is 4. The third-order valence-corrected chi connectivity index (χ3v) is 2.01. The van der Waals surface area contributed by atoms with Crippen molar-refractivity contribution in [3.63, 3.8) is 0 Å². The zero-order valence-electron chi connectivity index (χ0n) is 7.09. The fourth-order valence-corrected chi connectivity index (χ4v) is 1.35. The Balaban J connectivity index is 5.28. The third kappa shape index (κ3) is 4.01. The predicted octanol–water partition coefficient (Wildman–Crippen LogP) is -0.640. The molecule has 0 atom stereocenters. The molecular weight excluding hydrogens is 216 g/mol. The average Bonchev–Trinajstić information content (AvgIpc) is 1.96. The van der Waals surface area contributed by atoms with Crippen LogP contribution in [0.2, 0.25) is 0 Å². The fraction of sp³-hybridized carbons (Fsp3) is 0.333. The second-order valence-electron chi connectivity index (χ2n) is 2.44. The maximum atomic E-state index is 10.4. The van der Waals surface area contributed by atoms with E-state index in [1.165, 1.54) is 0 Å². The van der Waals surface area contributed by atoms with Crippen LogP contribution in [0.25, 0.3) is 0 Å². The number of carbonyl (C=O) groups is 2. The van der Waals surface area contributed by atoms with Gasteiger partial charge in [-0.1, -0.05) is 0 Å². The summed E-state index contributed by atoms with van der Waals surface area (Å²) in [7, 11) is -4.55. The van der Waals surface area contributed by atoms with Gasteiger partial charge in [0.25, 0.3) is 10.1 Å². The van der Waals surface area contributed by atoms with E-state index in [2.05, 4.69) is 0 Å². The zero-order chi connectivity index (χ0) is 11.5. The minimum Gasteiger partial charge on any atom is -0.478 e. The molecule has 0 aliphatic carbocycles. The van der Waals surface area contributed by atoms with Crippen molar-refractivity contribution in [2.45, 2.75) is 6.92 Å². The Kier molecular flexibility index (Phi) is 3.78. The van der Waals surface area contributed by atoms with Crippen molar-refractivity contribution >= 4 is 22.1 Å². The number of carboxylic acid groups (broad SMARTS) is 2. The van der Waals surface area contributed by atoms with E-state index in [1.54, 1.807) is 0 Å². The maximum absolute atomic E-state index is 10.4. The van der Waals surface area contributed by atoms with Crippen molar-refractivity contribution < 1.29 is 32.8 Å². The Morgan fingerprint density at radius 1 is 1.14 bits per heavy atom. The van der Waals surface area contributed by atoms with Crippen molar-refractivity contribution in [1.82, 2.24) is 0 Å². The zero-order valence-corrected chi connectivity index (χ0v) is 7.91. The molecule has 0 aliphatic rings. The normalized spacial score (nSPS) is 13.3. The first-order chi connectivity index (χ1) is 6.15. The molecule has 0 fully saturated rings. The highest BCUT2D eigenvalue weighted by molar-refractivity contribution is 7.86. The molecule has 0 radical (unpaired) electrons. The molecule has 0 saturated heterocycles. The molecule has 0 spiro atoms. The lowest BCUT2D eigenvalue weighted by atomic mass is 10.1. The molecule has 0 aromatic rings. The Hall–Kier alpha value is -1.41. The van der Waals surface area contributed by atoms with Gasteiger partial charge in [0.05, 0.1) is 5.57 Å². The average molecular weight is 224 g/mol. The summed E-state index contributed by atoms with van der Waals surface area (Å²) < 4.78 is 29.0. The minimum atomic E-state index is -4.55. The van der Waals surface area contributed by atoms with Crippen LogP contribution in [0.5, 0.6) is 0 Å². The molecule has 0 rings (SSSR count). The summed E-state index contributed by atoms with van der Waals surface area (Å²) in [6.45, 7) is 0.941. The Morgan fingerprint density at radius 3 is 1.79 bits per heavy atom. The van der Waals surface area contributed by atoms with Crippen LogP contribution < -0.4 is 0 Å². The summed E-state index contributed by atoms with van der Waals surface area (Å²) in [5, 5.41) is 16.9. The standard InChI is InChI=1S/C6H8O7S/c1-3(5(7)8)4(6(9)10)2-14(11,12)13/h2H2,1H3,(H,7,8)(H,9,10)(H,11,12,13)/b4-3+. The van der Waals surface area contributed by atoms with Crippen LogP contribution in [0.1, 0.15) is 6.92 Å². The Labute approximate surface area is 79.4 Å². The van der Waals surface area contributed by atoms with E-state index in [-0.39, 0.29) is 0 Å². The number of carboxylic acids is 2. The van der Waals surface area contributed by atoms with E-state index < -0.39 is 39.0 Å². The lowest BCUT2D eigenvalue weighted by Crippen LogP contribution is -2.17. The van der Waals surface area contributed by atoms with Gasteiger partial charge in [-0.25, -0.2) is 9.59 Å². The minimum absolute atomic E-state index is 0.630. The van der Waals surface area contributed by atoms with E-state index in [4.69, 9.17) is 14.8 Å². The van der Waals surface area contributed by atoms with E-state index in [9.17, 15) is 18.0 Å². The summed E-state index contributed by atoms with van der Waals surface area (Å²) in [5.41, 5.74) is -1.49. The first-order valence-corrected chi connectivity index (χ1v) is 4.87. The van der Waals surface area contributed by atoms with Gasteiger partial charge in [-0.05, 0) is 6.92 Å². The molecule has 0 aromatic carbocycles. The Morgan fingerprint density at radius 2 is 1.57 bits per heavy atom. The van der Waals surface area contributed by atoms with Gasteiger partial charge < -0.3 is 10.2 Å². The van der Waals surface area contributed by atoms with Crippen molar-refractivity contribution in [1.29, 1.82) is 0 Å². The highest BCUT2D eigenvalue weighted by Crippen LogP contribution is 2.07. The van der Waals surface area contributed by atoms with Crippen molar-refractivity contribution in [3.05, 3.63) is 11.1 Å². The SMILES string of the molecule is C/C(C(=O)O)=C(/CS(=O)(=O)O)C(=O)O. The van der Waals surface area contributed by atoms with Crippen LogP contribution in [-0.2, 0) is 19.7 Å². The largest absolute Gasteiger partial charge is 0.478 e. The number of hydrogen-bond donors (Lipinski definition) is 3.